The van der Waals surface area contributed by atoms with Crippen molar-refractivity contribution < 1.29 is 4.79 Å². The molecule has 0 aliphatic heterocycles. The highest BCUT2D eigenvalue weighted by atomic mass is 32.1. The number of aryl methyl sites for hydroxylation is 1. The first kappa shape index (κ1) is 13.4. The number of hydrazine groups is 1. The summed E-state index contributed by atoms with van der Waals surface area (Å²) in [7, 11) is 1.74. The SMILES string of the molecule is Cc1ncsc1CN(C)C(=O)c1cnccc1NN. The van der Waals surface area contributed by atoms with Crippen molar-refractivity contribution in [3.8, 4) is 0 Å². The number of carbonyl (C=O) groups is 1. The Morgan fingerprint density at radius 3 is 3.00 bits per heavy atom. The molecular formula is C12H15N5OS. The van der Waals surface area contributed by atoms with E-state index in [4.69, 9.17) is 5.84 Å². The van der Waals surface area contributed by atoms with Gasteiger partial charge in [-0.2, -0.15) is 0 Å². The quantitative estimate of drug-likeness (QED) is 0.652. The van der Waals surface area contributed by atoms with E-state index in [0.29, 0.717) is 17.8 Å². The van der Waals surface area contributed by atoms with Gasteiger partial charge in [0.1, 0.15) is 0 Å². The highest BCUT2D eigenvalue weighted by Gasteiger charge is 2.17. The summed E-state index contributed by atoms with van der Waals surface area (Å²) in [5.74, 6) is 5.26. The zero-order valence-electron chi connectivity index (χ0n) is 10.8. The van der Waals surface area contributed by atoms with Gasteiger partial charge in [0.25, 0.3) is 5.91 Å². The normalized spacial score (nSPS) is 10.3. The molecule has 0 aromatic carbocycles. The summed E-state index contributed by atoms with van der Waals surface area (Å²) in [6.45, 7) is 2.45. The van der Waals surface area contributed by atoms with Crippen molar-refractivity contribution in [1.82, 2.24) is 14.9 Å². The molecule has 0 fully saturated rings. The maximum Gasteiger partial charge on any atom is 0.257 e. The van der Waals surface area contributed by atoms with Gasteiger partial charge in [0.15, 0.2) is 0 Å². The third-order valence-corrected chi connectivity index (χ3v) is 3.70. The molecule has 0 saturated carbocycles. The lowest BCUT2D eigenvalue weighted by Gasteiger charge is -2.18. The van der Waals surface area contributed by atoms with Crippen LogP contribution in [0.1, 0.15) is 20.9 Å². The van der Waals surface area contributed by atoms with Crippen molar-refractivity contribution in [2.24, 2.45) is 5.84 Å². The van der Waals surface area contributed by atoms with Gasteiger partial charge in [-0.1, -0.05) is 0 Å². The van der Waals surface area contributed by atoms with E-state index in [9.17, 15) is 4.79 Å². The van der Waals surface area contributed by atoms with Crippen LogP contribution >= 0.6 is 11.3 Å². The van der Waals surface area contributed by atoms with Gasteiger partial charge in [0.05, 0.1) is 29.0 Å². The summed E-state index contributed by atoms with van der Waals surface area (Å²) in [4.78, 5) is 23.2. The lowest BCUT2D eigenvalue weighted by Crippen LogP contribution is -2.27. The minimum Gasteiger partial charge on any atom is -0.336 e. The van der Waals surface area contributed by atoms with Crippen molar-refractivity contribution in [2.75, 3.05) is 12.5 Å². The largest absolute Gasteiger partial charge is 0.336 e. The molecule has 0 aliphatic carbocycles. The van der Waals surface area contributed by atoms with Crippen LogP contribution in [0, 0.1) is 6.92 Å². The van der Waals surface area contributed by atoms with Crippen LogP contribution in [0.4, 0.5) is 5.69 Å². The molecule has 0 unspecified atom stereocenters. The Balaban J connectivity index is 2.17. The molecule has 100 valence electrons. The van der Waals surface area contributed by atoms with Crippen molar-refractivity contribution >= 4 is 22.9 Å². The lowest BCUT2D eigenvalue weighted by molar-refractivity contribution is 0.0786. The van der Waals surface area contributed by atoms with E-state index in [1.807, 2.05) is 6.92 Å². The lowest BCUT2D eigenvalue weighted by atomic mass is 10.2. The Labute approximate surface area is 115 Å². The Hall–Kier alpha value is -1.99. The summed E-state index contributed by atoms with van der Waals surface area (Å²) in [6.07, 6.45) is 3.09. The molecule has 0 saturated heterocycles. The number of aromatic nitrogens is 2. The van der Waals surface area contributed by atoms with Gasteiger partial charge >= 0.3 is 0 Å². The third-order valence-electron chi connectivity index (χ3n) is 2.78. The fraction of sp³-hybridized carbons (Fsp3) is 0.250. The van der Waals surface area contributed by atoms with Crippen LogP contribution in [0.5, 0.6) is 0 Å². The molecule has 7 heteroatoms. The number of nitrogens with one attached hydrogen (secondary N) is 1. The Morgan fingerprint density at radius 1 is 1.58 bits per heavy atom. The second kappa shape index (κ2) is 5.77. The molecule has 3 N–H and O–H groups in total. The molecule has 2 aromatic heterocycles. The highest BCUT2D eigenvalue weighted by Crippen LogP contribution is 2.18. The van der Waals surface area contributed by atoms with E-state index < -0.39 is 0 Å². The fourth-order valence-corrected chi connectivity index (χ4v) is 2.49. The molecule has 2 rings (SSSR count). The minimum atomic E-state index is -0.131. The number of nitrogens with zero attached hydrogens (tertiary/aromatic N) is 3. The summed E-state index contributed by atoms with van der Waals surface area (Å²) in [5.41, 5.74) is 6.25. The fourth-order valence-electron chi connectivity index (χ4n) is 1.66. The van der Waals surface area contributed by atoms with Gasteiger partial charge in [0.2, 0.25) is 0 Å². The van der Waals surface area contributed by atoms with Gasteiger partial charge in [-0.3, -0.25) is 15.6 Å². The number of rotatable bonds is 4. The first-order chi connectivity index (χ1) is 9.13. The molecule has 0 aliphatic rings. The maximum absolute atomic E-state index is 12.3. The number of hydrogen-bond acceptors (Lipinski definition) is 6. The van der Waals surface area contributed by atoms with Crippen molar-refractivity contribution in [3.63, 3.8) is 0 Å². The standard InChI is InChI=1S/C12H15N5OS/c1-8-11(19-7-15-8)6-17(2)12(18)9-5-14-4-3-10(9)16-13/h3-5,7H,6,13H2,1-2H3,(H,14,16). The monoisotopic (exact) mass is 277 g/mol. The predicted octanol–water partition coefficient (Wildman–Crippen LogP) is 1.40. The van der Waals surface area contributed by atoms with Crippen molar-refractivity contribution in [3.05, 3.63) is 40.1 Å². The second-order valence-electron chi connectivity index (χ2n) is 4.09. The number of hydrogen-bond donors (Lipinski definition) is 2. The summed E-state index contributed by atoms with van der Waals surface area (Å²) < 4.78 is 0. The molecule has 0 spiro atoms. The first-order valence-electron chi connectivity index (χ1n) is 5.68. The van der Waals surface area contributed by atoms with Gasteiger partial charge in [-0.15, -0.1) is 11.3 Å². The average Bonchev–Trinajstić information content (AvgIpc) is 2.83. The number of nitrogens with two attached hydrogens (primary N) is 1. The Kier molecular flexibility index (Phi) is 4.08. The molecule has 0 radical (unpaired) electrons. The van der Waals surface area contributed by atoms with Crippen LogP contribution < -0.4 is 11.3 Å². The molecule has 2 heterocycles. The van der Waals surface area contributed by atoms with Gasteiger partial charge in [0, 0.05) is 24.3 Å². The van der Waals surface area contributed by atoms with E-state index in [2.05, 4.69) is 15.4 Å². The second-order valence-corrected chi connectivity index (χ2v) is 5.03. The predicted molar refractivity (Wildman–Crippen MR) is 74.7 cm³/mol. The van der Waals surface area contributed by atoms with Gasteiger partial charge < -0.3 is 10.3 Å². The molecule has 0 atom stereocenters. The molecule has 0 bridgehead atoms. The van der Waals surface area contributed by atoms with E-state index in [1.54, 1.807) is 29.7 Å². The Morgan fingerprint density at radius 2 is 2.37 bits per heavy atom. The van der Waals surface area contributed by atoms with E-state index in [0.717, 1.165) is 10.6 Å². The molecular weight excluding hydrogens is 262 g/mol. The Bertz CT molecular complexity index is 583. The number of anilines is 1. The molecule has 19 heavy (non-hydrogen) atoms. The molecule has 6 nitrogen and oxygen atoms in total. The van der Waals surface area contributed by atoms with Crippen molar-refractivity contribution in [1.29, 1.82) is 0 Å². The van der Waals surface area contributed by atoms with Gasteiger partial charge in [-0.05, 0) is 13.0 Å². The van der Waals surface area contributed by atoms with E-state index >= 15 is 0 Å². The number of thiazole rings is 1. The van der Waals surface area contributed by atoms with E-state index in [-0.39, 0.29) is 5.91 Å². The maximum atomic E-state index is 12.3. The zero-order valence-corrected chi connectivity index (χ0v) is 11.6. The molecule has 2 aromatic rings. The number of pyridine rings is 1. The van der Waals surface area contributed by atoms with Crippen molar-refractivity contribution in [2.45, 2.75) is 13.5 Å². The number of amides is 1. The summed E-state index contributed by atoms with van der Waals surface area (Å²) in [5, 5.41) is 0. The zero-order chi connectivity index (χ0) is 13.8. The number of carbonyl (C=O) groups excluding carboxylic acids is 1. The van der Waals surface area contributed by atoms with Gasteiger partial charge in [-0.25, -0.2) is 4.98 Å². The average molecular weight is 277 g/mol. The van der Waals surface area contributed by atoms with Crippen LogP contribution in [0.2, 0.25) is 0 Å². The van der Waals surface area contributed by atoms with Crippen LogP contribution in [0.3, 0.4) is 0 Å². The first-order valence-corrected chi connectivity index (χ1v) is 6.56. The highest BCUT2D eigenvalue weighted by molar-refractivity contribution is 7.09. The topological polar surface area (TPSA) is 84.1 Å². The number of nitrogen functional groups attached to an aromatic ring is 1. The summed E-state index contributed by atoms with van der Waals surface area (Å²) >= 11 is 1.54. The third kappa shape index (κ3) is 2.88. The summed E-state index contributed by atoms with van der Waals surface area (Å²) in [6, 6.07) is 1.67. The van der Waals surface area contributed by atoms with Crippen LogP contribution in [-0.2, 0) is 6.54 Å². The van der Waals surface area contributed by atoms with Crippen LogP contribution in [-0.4, -0.2) is 27.8 Å². The van der Waals surface area contributed by atoms with Crippen LogP contribution in [0.25, 0.3) is 0 Å². The molecule has 1 amide bonds. The van der Waals surface area contributed by atoms with Crippen LogP contribution in [0.15, 0.2) is 24.0 Å². The minimum absolute atomic E-state index is 0.131. The van der Waals surface area contributed by atoms with E-state index in [1.165, 1.54) is 17.5 Å². The smallest absolute Gasteiger partial charge is 0.257 e.